The van der Waals surface area contributed by atoms with Crippen molar-refractivity contribution in [1.29, 1.82) is 0 Å². The van der Waals surface area contributed by atoms with E-state index in [0.29, 0.717) is 30.3 Å². The van der Waals surface area contributed by atoms with E-state index in [1.54, 1.807) is 20.0 Å². The lowest BCUT2D eigenvalue weighted by molar-refractivity contribution is -0.126. The van der Waals surface area contributed by atoms with Crippen LogP contribution in [0.4, 0.5) is 14.5 Å². The molecule has 0 spiro atoms. The third kappa shape index (κ3) is 6.22. The van der Waals surface area contributed by atoms with Crippen LogP contribution in [0.1, 0.15) is 51.8 Å². The first-order chi connectivity index (χ1) is 17.7. The smallest absolute Gasteiger partial charge is 0.258 e. The number of nitrogens with two attached hydrogens (primary N) is 1. The Bertz CT molecular complexity index is 1190. The molecule has 2 amide bonds. The van der Waals surface area contributed by atoms with Crippen LogP contribution in [0, 0.1) is 18.6 Å². The molecule has 5 N–H and O–H groups in total. The van der Waals surface area contributed by atoms with Crippen LogP contribution in [0.5, 0.6) is 0 Å². The number of hydrogen-bond donors (Lipinski definition) is 4. The monoisotopic (exact) mass is 513 g/mol. The number of likely N-dealkylation sites (N-methyl/N-ethyl adjacent to an activating group) is 1. The highest BCUT2D eigenvalue weighted by atomic mass is 19.1. The maximum absolute atomic E-state index is 14.8. The van der Waals surface area contributed by atoms with Crippen LogP contribution in [0.3, 0.4) is 0 Å². The summed E-state index contributed by atoms with van der Waals surface area (Å²) in [5.41, 5.74) is 8.44. The van der Waals surface area contributed by atoms with Gasteiger partial charge in [-0.05, 0) is 72.7 Å². The van der Waals surface area contributed by atoms with Gasteiger partial charge >= 0.3 is 0 Å². The highest BCUT2D eigenvalue weighted by molar-refractivity contribution is 6.05. The SMILES string of the molecule is C=CC(=O)N(C)CCOC1C(N)NCNC1c1cc(F)cc(NC(=O)c2ccc(C3CC3)cc2F)c1C. The molecule has 2 fully saturated rings. The zero-order valence-corrected chi connectivity index (χ0v) is 21.0. The van der Waals surface area contributed by atoms with Crippen molar-refractivity contribution >= 4 is 17.5 Å². The molecule has 2 aliphatic rings. The number of nitrogens with one attached hydrogen (secondary N) is 3. The number of halogens is 2. The van der Waals surface area contributed by atoms with Crippen molar-refractivity contribution in [3.8, 4) is 0 Å². The largest absolute Gasteiger partial charge is 0.371 e. The Labute approximate surface area is 215 Å². The van der Waals surface area contributed by atoms with Gasteiger partial charge in [0.1, 0.15) is 17.7 Å². The molecule has 2 aromatic carbocycles. The van der Waals surface area contributed by atoms with Gasteiger partial charge in [-0.2, -0.15) is 0 Å². The summed E-state index contributed by atoms with van der Waals surface area (Å²) in [6.07, 6.45) is 2.11. The third-order valence-corrected chi connectivity index (χ3v) is 6.91. The quantitative estimate of drug-likeness (QED) is 0.384. The van der Waals surface area contributed by atoms with Gasteiger partial charge in [0, 0.05) is 25.9 Å². The van der Waals surface area contributed by atoms with Crippen LogP contribution in [0.2, 0.25) is 0 Å². The average Bonchev–Trinajstić information content (AvgIpc) is 3.72. The van der Waals surface area contributed by atoms with Gasteiger partial charge in [0.2, 0.25) is 5.91 Å². The summed E-state index contributed by atoms with van der Waals surface area (Å²) in [6.45, 7) is 6.09. The predicted octanol–water partition coefficient (Wildman–Crippen LogP) is 2.91. The van der Waals surface area contributed by atoms with Crippen molar-refractivity contribution < 1.29 is 23.1 Å². The van der Waals surface area contributed by atoms with E-state index in [2.05, 4.69) is 22.5 Å². The Hall–Kier alpha value is -3.18. The fourth-order valence-electron chi connectivity index (χ4n) is 4.53. The van der Waals surface area contributed by atoms with Crippen LogP contribution in [-0.2, 0) is 9.53 Å². The maximum atomic E-state index is 14.8. The van der Waals surface area contributed by atoms with Gasteiger partial charge < -0.3 is 20.7 Å². The van der Waals surface area contributed by atoms with Crippen LogP contribution < -0.4 is 21.7 Å². The minimum Gasteiger partial charge on any atom is -0.371 e. The van der Waals surface area contributed by atoms with Gasteiger partial charge in [-0.15, -0.1) is 0 Å². The van der Waals surface area contributed by atoms with E-state index in [9.17, 15) is 18.4 Å². The van der Waals surface area contributed by atoms with E-state index in [1.165, 1.54) is 35.2 Å². The molecule has 3 unspecified atom stereocenters. The lowest BCUT2D eigenvalue weighted by Crippen LogP contribution is -2.61. The van der Waals surface area contributed by atoms with Gasteiger partial charge in [0.25, 0.3) is 5.91 Å². The topological polar surface area (TPSA) is 109 Å². The molecule has 0 radical (unpaired) electrons. The molecule has 10 heteroatoms. The Morgan fingerprint density at radius 3 is 2.68 bits per heavy atom. The second-order valence-electron chi connectivity index (χ2n) is 9.52. The third-order valence-electron chi connectivity index (χ3n) is 6.91. The Morgan fingerprint density at radius 2 is 2.00 bits per heavy atom. The Morgan fingerprint density at radius 1 is 1.24 bits per heavy atom. The molecule has 1 aliphatic heterocycles. The van der Waals surface area contributed by atoms with Gasteiger partial charge in [-0.3, -0.25) is 20.2 Å². The Kier molecular flexibility index (Phi) is 8.33. The minimum atomic E-state index is -0.655. The van der Waals surface area contributed by atoms with Crippen LogP contribution in [0.15, 0.2) is 43.0 Å². The van der Waals surface area contributed by atoms with Crippen LogP contribution in [-0.4, -0.2) is 55.9 Å². The van der Waals surface area contributed by atoms with Gasteiger partial charge in [0.05, 0.1) is 24.4 Å². The zero-order chi connectivity index (χ0) is 26.7. The fraction of sp³-hybridized carbons (Fsp3) is 0.407. The Balaban J connectivity index is 1.53. The summed E-state index contributed by atoms with van der Waals surface area (Å²) in [5, 5.41) is 8.98. The summed E-state index contributed by atoms with van der Waals surface area (Å²) in [5.74, 6) is -1.69. The lowest BCUT2D eigenvalue weighted by Gasteiger charge is -2.39. The minimum absolute atomic E-state index is 0.101. The molecule has 8 nitrogen and oxygen atoms in total. The number of hydrogen-bond acceptors (Lipinski definition) is 6. The number of rotatable bonds is 9. The number of amides is 2. The van der Waals surface area contributed by atoms with E-state index < -0.39 is 35.9 Å². The van der Waals surface area contributed by atoms with Crippen molar-refractivity contribution in [2.75, 3.05) is 32.2 Å². The number of benzene rings is 2. The van der Waals surface area contributed by atoms with Crippen molar-refractivity contribution in [3.05, 3.63) is 76.9 Å². The first-order valence-electron chi connectivity index (χ1n) is 12.3. The van der Waals surface area contributed by atoms with Crippen molar-refractivity contribution in [1.82, 2.24) is 15.5 Å². The second-order valence-corrected chi connectivity index (χ2v) is 9.52. The van der Waals surface area contributed by atoms with E-state index in [-0.39, 0.29) is 23.8 Å². The first-order valence-corrected chi connectivity index (χ1v) is 12.3. The highest BCUT2D eigenvalue weighted by Gasteiger charge is 2.34. The molecule has 1 saturated heterocycles. The van der Waals surface area contributed by atoms with E-state index in [1.807, 2.05) is 0 Å². The maximum Gasteiger partial charge on any atom is 0.258 e. The fourth-order valence-corrected chi connectivity index (χ4v) is 4.53. The standard InChI is InChI=1S/C27H33F2N5O3/c1-4-23(35)34(3)9-10-37-25-24(31-14-32-26(25)30)20-12-18(28)13-22(15(20)2)33-27(36)19-8-7-17(11-21(19)29)16-5-6-16/h4,7-8,11-13,16,24-26,31-32H,1,5-6,9-10,14,30H2,2-3H3,(H,33,36). The molecule has 0 aromatic heterocycles. The van der Waals surface area contributed by atoms with Crippen molar-refractivity contribution in [3.63, 3.8) is 0 Å². The molecule has 4 rings (SSSR count). The summed E-state index contributed by atoms with van der Waals surface area (Å²) >= 11 is 0. The lowest BCUT2D eigenvalue weighted by atomic mass is 9.92. The van der Waals surface area contributed by atoms with Crippen molar-refractivity contribution in [2.24, 2.45) is 5.73 Å². The average molecular weight is 514 g/mol. The van der Waals surface area contributed by atoms with Crippen molar-refractivity contribution in [2.45, 2.75) is 44.0 Å². The summed E-state index contributed by atoms with van der Waals surface area (Å²) in [7, 11) is 1.64. The molecule has 198 valence electrons. The van der Waals surface area contributed by atoms with Gasteiger partial charge in [0.15, 0.2) is 0 Å². The highest BCUT2D eigenvalue weighted by Crippen LogP contribution is 2.40. The number of carbonyl (C=O) groups is 2. The predicted molar refractivity (Wildman–Crippen MR) is 137 cm³/mol. The molecular formula is C27H33F2N5O3. The second kappa shape index (κ2) is 11.5. The zero-order valence-electron chi connectivity index (χ0n) is 21.0. The molecular weight excluding hydrogens is 480 g/mol. The van der Waals surface area contributed by atoms with E-state index in [0.717, 1.165) is 18.4 Å². The molecule has 3 atom stereocenters. The number of carbonyl (C=O) groups excluding carboxylic acids is 2. The molecule has 1 saturated carbocycles. The first kappa shape index (κ1) is 26.9. The molecule has 1 heterocycles. The number of anilines is 1. The van der Waals surface area contributed by atoms with E-state index >= 15 is 0 Å². The normalized spacial score (nSPS) is 21.4. The summed E-state index contributed by atoms with van der Waals surface area (Å²) in [6, 6.07) is 6.72. The summed E-state index contributed by atoms with van der Waals surface area (Å²) < 4.78 is 35.5. The van der Waals surface area contributed by atoms with Crippen LogP contribution in [0.25, 0.3) is 0 Å². The summed E-state index contributed by atoms with van der Waals surface area (Å²) in [4.78, 5) is 26.1. The number of ether oxygens (including phenoxy) is 1. The molecule has 1 aliphatic carbocycles. The molecule has 37 heavy (non-hydrogen) atoms. The van der Waals surface area contributed by atoms with Gasteiger partial charge in [-0.1, -0.05) is 12.6 Å². The van der Waals surface area contributed by atoms with Gasteiger partial charge in [-0.25, -0.2) is 8.78 Å². The van der Waals surface area contributed by atoms with Crippen LogP contribution >= 0.6 is 0 Å². The van der Waals surface area contributed by atoms with E-state index in [4.69, 9.17) is 10.5 Å². The number of nitrogens with zero attached hydrogens (tertiary/aromatic N) is 1. The molecule has 0 bridgehead atoms. The molecule has 2 aromatic rings.